The summed E-state index contributed by atoms with van der Waals surface area (Å²) in [6, 6.07) is 8.61. The molecule has 1 aromatic carbocycles. The molecule has 2 atom stereocenters. The summed E-state index contributed by atoms with van der Waals surface area (Å²) >= 11 is 1.96. The molecule has 1 aromatic heterocycles. The Labute approximate surface area is 125 Å². The average molecular weight is 291 g/mol. The average Bonchev–Trinajstić information content (AvgIpc) is 2.83. The van der Waals surface area contributed by atoms with E-state index >= 15 is 0 Å². The fourth-order valence-electron chi connectivity index (χ4n) is 2.30. The fraction of sp³-hybridized carbons (Fsp3) is 0.562. The molecule has 2 N–H and O–H groups in total. The normalized spacial score (nSPS) is 14.6. The van der Waals surface area contributed by atoms with Crippen LogP contribution in [0.15, 0.2) is 24.3 Å². The Morgan fingerprint density at radius 1 is 1.30 bits per heavy atom. The van der Waals surface area contributed by atoms with E-state index in [1.54, 1.807) is 0 Å². The predicted molar refractivity (Wildman–Crippen MR) is 89.3 cm³/mol. The zero-order chi connectivity index (χ0) is 14.5. The van der Waals surface area contributed by atoms with Gasteiger partial charge in [-0.05, 0) is 19.4 Å². The van der Waals surface area contributed by atoms with Crippen LogP contribution in [0.4, 0.5) is 0 Å². The summed E-state index contributed by atoms with van der Waals surface area (Å²) in [4.78, 5) is 0. The number of rotatable bonds is 7. The van der Waals surface area contributed by atoms with Crippen LogP contribution in [0, 0.1) is 0 Å². The van der Waals surface area contributed by atoms with Gasteiger partial charge >= 0.3 is 0 Å². The molecule has 0 radical (unpaired) electrons. The van der Waals surface area contributed by atoms with Crippen molar-refractivity contribution in [2.24, 2.45) is 5.73 Å². The molecule has 3 nitrogen and oxygen atoms in total. The zero-order valence-corrected chi connectivity index (χ0v) is 13.5. The van der Waals surface area contributed by atoms with E-state index in [0.29, 0.717) is 5.25 Å². The highest BCUT2D eigenvalue weighted by atomic mass is 32.2. The third kappa shape index (κ3) is 3.55. The van der Waals surface area contributed by atoms with Gasteiger partial charge in [-0.1, -0.05) is 32.0 Å². The molecule has 0 saturated carbocycles. The third-order valence-corrected chi connectivity index (χ3v) is 5.18. The number of benzene rings is 1. The maximum Gasteiger partial charge on any atom is 0.0719 e. The first-order chi connectivity index (χ1) is 9.65. The van der Waals surface area contributed by atoms with E-state index in [2.05, 4.69) is 49.7 Å². The molecule has 0 fully saturated rings. The van der Waals surface area contributed by atoms with Gasteiger partial charge in [0, 0.05) is 35.4 Å². The second-order valence-corrected chi connectivity index (χ2v) is 6.77. The van der Waals surface area contributed by atoms with E-state index in [1.165, 1.54) is 17.3 Å². The summed E-state index contributed by atoms with van der Waals surface area (Å²) in [5.74, 6) is 1.00. The summed E-state index contributed by atoms with van der Waals surface area (Å²) < 4.78 is 2.07. The minimum atomic E-state index is 0.178. The number of fused-ring (bicyclic) bond motifs is 1. The molecule has 0 amide bonds. The van der Waals surface area contributed by atoms with Gasteiger partial charge in [-0.15, -0.1) is 0 Å². The van der Waals surface area contributed by atoms with Crippen LogP contribution in [0.5, 0.6) is 0 Å². The zero-order valence-electron chi connectivity index (χ0n) is 12.7. The Hall–Kier alpha value is -1.00. The largest absolute Gasteiger partial charge is 0.327 e. The van der Waals surface area contributed by atoms with Gasteiger partial charge in [0.1, 0.15) is 0 Å². The van der Waals surface area contributed by atoms with Crippen molar-refractivity contribution in [1.29, 1.82) is 0 Å². The van der Waals surface area contributed by atoms with Crippen molar-refractivity contribution >= 4 is 22.7 Å². The van der Waals surface area contributed by atoms with Crippen LogP contribution in [-0.2, 0) is 13.0 Å². The maximum atomic E-state index is 6.28. The minimum Gasteiger partial charge on any atom is -0.327 e. The molecule has 110 valence electrons. The van der Waals surface area contributed by atoms with E-state index in [4.69, 9.17) is 10.8 Å². The molecule has 4 heteroatoms. The van der Waals surface area contributed by atoms with Crippen molar-refractivity contribution in [2.45, 2.75) is 51.4 Å². The molecule has 0 saturated heterocycles. The van der Waals surface area contributed by atoms with Gasteiger partial charge in [-0.25, -0.2) is 0 Å². The van der Waals surface area contributed by atoms with E-state index in [9.17, 15) is 0 Å². The summed E-state index contributed by atoms with van der Waals surface area (Å²) in [6.45, 7) is 7.51. The van der Waals surface area contributed by atoms with E-state index < -0.39 is 0 Å². The van der Waals surface area contributed by atoms with Crippen molar-refractivity contribution in [3.05, 3.63) is 30.0 Å². The standard InChI is InChI=1S/C16H25N3S/c1-4-12(3)20-11-13(17)10-15-14-8-6-7-9-16(14)19(5-2)18-15/h6-9,12-13H,4-5,10-11,17H2,1-3H3. The van der Waals surface area contributed by atoms with Crippen LogP contribution < -0.4 is 5.73 Å². The Balaban J connectivity index is 2.09. The van der Waals surface area contributed by atoms with Crippen molar-refractivity contribution < 1.29 is 0 Å². The Bertz CT molecular complexity index is 550. The van der Waals surface area contributed by atoms with E-state index in [-0.39, 0.29) is 6.04 Å². The monoisotopic (exact) mass is 291 g/mol. The number of nitrogens with zero attached hydrogens (tertiary/aromatic N) is 2. The van der Waals surface area contributed by atoms with Crippen LogP contribution in [0.1, 0.15) is 32.9 Å². The number of aromatic nitrogens is 2. The first-order valence-corrected chi connectivity index (χ1v) is 8.52. The van der Waals surface area contributed by atoms with Gasteiger partial charge in [0.05, 0.1) is 11.2 Å². The summed E-state index contributed by atoms with van der Waals surface area (Å²) in [6.07, 6.45) is 2.06. The lowest BCUT2D eigenvalue weighted by molar-refractivity contribution is 0.648. The Morgan fingerprint density at radius 3 is 2.75 bits per heavy atom. The Kier molecular flexibility index (Phi) is 5.49. The highest BCUT2D eigenvalue weighted by Crippen LogP contribution is 2.21. The van der Waals surface area contributed by atoms with Crippen LogP contribution in [0.25, 0.3) is 10.9 Å². The van der Waals surface area contributed by atoms with Crippen molar-refractivity contribution in [2.75, 3.05) is 5.75 Å². The molecule has 0 aliphatic carbocycles. The lowest BCUT2D eigenvalue weighted by Gasteiger charge is -2.13. The summed E-state index contributed by atoms with van der Waals surface area (Å²) in [7, 11) is 0. The highest BCUT2D eigenvalue weighted by molar-refractivity contribution is 7.99. The summed E-state index contributed by atoms with van der Waals surface area (Å²) in [5.41, 5.74) is 8.63. The highest BCUT2D eigenvalue weighted by Gasteiger charge is 2.13. The van der Waals surface area contributed by atoms with Crippen LogP contribution in [-0.4, -0.2) is 26.8 Å². The third-order valence-electron chi connectivity index (χ3n) is 3.66. The van der Waals surface area contributed by atoms with Crippen LogP contribution in [0.2, 0.25) is 0 Å². The smallest absolute Gasteiger partial charge is 0.0719 e. The molecule has 2 rings (SSSR count). The number of hydrogen-bond donors (Lipinski definition) is 1. The molecule has 0 aliphatic heterocycles. The molecule has 0 bridgehead atoms. The second-order valence-electron chi connectivity index (χ2n) is 5.30. The number of aryl methyl sites for hydroxylation is 1. The van der Waals surface area contributed by atoms with Gasteiger partial charge in [-0.3, -0.25) is 4.68 Å². The van der Waals surface area contributed by atoms with Crippen LogP contribution in [0.3, 0.4) is 0 Å². The second kappa shape index (κ2) is 7.14. The molecule has 0 spiro atoms. The van der Waals surface area contributed by atoms with Gasteiger partial charge in [0.2, 0.25) is 0 Å². The van der Waals surface area contributed by atoms with Crippen molar-refractivity contribution in [3.8, 4) is 0 Å². The fourth-order valence-corrected chi connectivity index (χ4v) is 3.23. The molecular weight excluding hydrogens is 266 g/mol. The van der Waals surface area contributed by atoms with Gasteiger partial charge in [0.15, 0.2) is 0 Å². The van der Waals surface area contributed by atoms with Gasteiger partial charge in [-0.2, -0.15) is 16.9 Å². The number of para-hydroxylation sites is 1. The lowest BCUT2D eigenvalue weighted by atomic mass is 10.1. The molecular formula is C16H25N3S. The van der Waals surface area contributed by atoms with E-state index in [0.717, 1.165) is 24.4 Å². The summed E-state index contributed by atoms with van der Waals surface area (Å²) in [5, 5.41) is 6.66. The first-order valence-electron chi connectivity index (χ1n) is 7.47. The first kappa shape index (κ1) is 15.4. The molecule has 0 aliphatic rings. The number of thioether (sulfide) groups is 1. The minimum absolute atomic E-state index is 0.178. The molecule has 20 heavy (non-hydrogen) atoms. The molecule has 2 unspecified atom stereocenters. The SMILES string of the molecule is CCC(C)SCC(N)Cc1nn(CC)c2ccccc12. The molecule has 2 aromatic rings. The van der Waals surface area contributed by atoms with E-state index in [1.807, 2.05) is 11.8 Å². The van der Waals surface area contributed by atoms with Gasteiger partial charge in [0.25, 0.3) is 0 Å². The topological polar surface area (TPSA) is 43.8 Å². The quantitative estimate of drug-likeness (QED) is 0.849. The van der Waals surface area contributed by atoms with Gasteiger partial charge < -0.3 is 5.73 Å². The lowest BCUT2D eigenvalue weighted by Crippen LogP contribution is -2.26. The number of nitrogens with two attached hydrogens (primary N) is 1. The predicted octanol–water partition coefficient (Wildman–Crippen LogP) is 3.46. The van der Waals surface area contributed by atoms with Crippen LogP contribution >= 0.6 is 11.8 Å². The molecule has 1 heterocycles. The van der Waals surface area contributed by atoms with Crippen molar-refractivity contribution in [1.82, 2.24) is 9.78 Å². The number of hydrogen-bond acceptors (Lipinski definition) is 3. The Morgan fingerprint density at radius 2 is 2.05 bits per heavy atom. The maximum absolute atomic E-state index is 6.28. The van der Waals surface area contributed by atoms with Crippen molar-refractivity contribution in [3.63, 3.8) is 0 Å².